The summed E-state index contributed by atoms with van der Waals surface area (Å²) in [6, 6.07) is 7.71. The Balaban J connectivity index is 2.13. The van der Waals surface area contributed by atoms with Gasteiger partial charge in [0.15, 0.2) is 4.99 Å². The molecule has 0 radical (unpaired) electrons. The molecule has 1 aromatic rings. The smallest absolute Gasteiger partial charge is 0.415 e. The fourth-order valence-electron chi connectivity index (χ4n) is 2.06. The lowest BCUT2D eigenvalue weighted by atomic mass is 10.2. The number of ether oxygens (including phenoxy) is 1. The van der Waals surface area contributed by atoms with Gasteiger partial charge in [0.1, 0.15) is 12.6 Å². The molecular formula is C13H15N3O5S. The normalized spacial score (nSPS) is 17.9. The van der Waals surface area contributed by atoms with Gasteiger partial charge in [0.25, 0.3) is 0 Å². The van der Waals surface area contributed by atoms with Gasteiger partial charge < -0.3 is 10.5 Å². The molecule has 8 nitrogen and oxygen atoms in total. The summed E-state index contributed by atoms with van der Waals surface area (Å²) in [4.78, 5) is 23.9. The fourth-order valence-corrected chi connectivity index (χ4v) is 2.80. The van der Waals surface area contributed by atoms with Gasteiger partial charge in [0.2, 0.25) is 16.2 Å². The van der Waals surface area contributed by atoms with Crippen molar-refractivity contribution in [3.63, 3.8) is 0 Å². The van der Waals surface area contributed by atoms with Crippen LogP contribution >= 0.6 is 0 Å². The first-order valence-corrected chi connectivity index (χ1v) is 7.55. The van der Waals surface area contributed by atoms with E-state index in [-0.39, 0.29) is 19.7 Å². The maximum atomic E-state index is 12.1. The predicted molar refractivity (Wildman–Crippen MR) is 78.2 cm³/mol. The van der Waals surface area contributed by atoms with Crippen molar-refractivity contribution in [3.05, 3.63) is 35.9 Å². The summed E-state index contributed by atoms with van der Waals surface area (Å²) in [5.41, 5.74) is 5.91. The molecule has 3 N–H and O–H groups in total. The van der Waals surface area contributed by atoms with E-state index in [0.717, 1.165) is 10.5 Å². The Morgan fingerprint density at radius 2 is 2.00 bits per heavy atom. The molecule has 0 bridgehead atoms. The first-order chi connectivity index (χ1) is 10.5. The Morgan fingerprint density at radius 3 is 2.59 bits per heavy atom. The standard InChI is InChI=1S/C13H15N3O5S/c14-11(17)10-12(22(19)20)16(7-6-15-10)13(18)21-8-9-4-2-1-3-5-9/h1-5,10,15H,6-8H2,(H2,14,17). The zero-order valence-electron chi connectivity index (χ0n) is 11.6. The van der Waals surface area contributed by atoms with E-state index in [9.17, 15) is 18.0 Å². The lowest BCUT2D eigenvalue weighted by Gasteiger charge is -2.31. The molecule has 1 aliphatic rings. The maximum absolute atomic E-state index is 12.1. The molecule has 0 aliphatic carbocycles. The minimum Gasteiger partial charge on any atom is -0.444 e. The van der Waals surface area contributed by atoms with Crippen LogP contribution in [0.1, 0.15) is 5.56 Å². The average Bonchev–Trinajstić information content (AvgIpc) is 2.52. The Kier molecular flexibility index (Phi) is 5.12. The molecule has 2 rings (SSSR count). The van der Waals surface area contributed by atoms with Gasteiger partial charge >= 0.3 is 6.09 Å². The van der Waals surface area contributed by atoms with E-state index < -0.39 is 33.3 Å². The number of carbonyl (C=O) groups is 2. The van der Waals surface area contributed by atoms with E-state index in [0.29, 0.717) is 0 Å². The molecule has 1 aliphatic heterocycles. The summed E-state index contributed by atoms with van der Waals surface area (Å²) < 4.78 is 27.7. The lowest BCUT2D eigenvalue weighted by molar-refractivity contribution is -0.118. The number of nitrogens with zero attached hydrogens (tertiary/aromatic N) is 1. The lowest BCUT2D eigenvalue weighted by Crippen LogP contribution is -2.61. The third kappa shape index (κ3) is 3.62. The monoisotopic (exact) mass is 325 g/mol. The highest BCUT2D eigenvalue weighted by Crippen LogP contribution is 2.08. The zero-order chi connectivity index (χ0) is 16.1. The summed E-state index contributed by atoms with van der Waals surface area (Å²) in [6.45, 7) is 0.305. The molecule has 0 spiro atoms. The van der Waals surface area contributed by atoms with Gasteiger partial charge in [0.05, 0.1) is 0 Å². The van der Waals surface area contributed by atoms with Crippen LogP contribution in [-0.2, 0) is 26.4 Å². The summed E-state index contributed by atoms with van der Waals surface area (Å²) in [6.07, 6.45) is -0.837. The number of rotatable bonds is 3. The Hall–Kier alpha value is -2.39. The van der Waals surface area contributed by atoms with Crippen molar-refractivity contribution >= 4 is 27.3 Å². The number of benzene rings is 1. The molecule has 22 heavy (non-hydrogen) atoms. The fraction of sp³-hybridized carbons (Fsp3) is 0.308. The van der Waals surface area contributed by atoms with Gasteiger partial charge in [-0.25, -0.2) is 4.79 Å². The number of nitrogens with two attached hydrogens (primary N) is 1. The minimum atomic E-state index is -2.77. The van der Waals surface area contributed by atoms with E-state index in [4.69, 9.17) is 10.5 Å². The molecule has 1 heterocycles. The maximum Gasteiger partial charge on any atom is 0.415 e. The SMILES string of the molecule is NC(=O)C1NCCN(C(=O)OCc2ccccc2)C1=S(=O)=O. The molecule has 118 valence electrons. The van der Waals surface area contributed by atoms with E-state index in [1.54, 1.807) is 24.3 Å². The third-order valence-electron chi connectivity index (χ3n) is 3.08. The largest absolute Gasteiger partial charge is 0.444 e. The molecule has 1 fully saturated rings. The highest BCUT2D eigenvalue weighted by atomic mass is 32.2. The molecule has 0 saturated carbocycles. The van der Waals surface area contributed by atoms with Gasteiger partial charge in [-0.15, -0.1) is 0 Å². The number of carbonyl (C=O) groups excluding carboxylic acids is 2. The molecule has 1 atom stereocenters. The van der Waals surface area contributed by atoms with Crippen LogP contribution in [0.5, 0.6) is 0 Å². The van der Waals surface area contributed by atoms with Gasteiger partial charge in [-0.2, -0.15) is 8.42 Å². The second-order valence-electron chi connectivity index (χ2n) is 4.55. The van der Waals surface area contributed by atoms with Crippen LogP contribution in [0.2, 0.25) is 0 Å². The highest BCUT2D eigenvalue weighted by Gasteiger charge is 2.36. The van der Waals surface area contributed by atoms with Crippen LogP contribution in [0.4, 0.5) is 4.79 Å². The highest BCUT2D eigenvalue weighted by molar-refractivity contribution is 7.73. The van der Waals surface area contributed by atoms with Gasteiger partial charge in [0, 0.05) is 13.1 Å². The van der Waals surface area contributed by atoms with Crippen molar-refractivity contribution in [3.8, 4) is 0 Å². The summed E-state index contributed by atoms with van der Waals surface area (Å²) >= 11 is 0. The van der Waals surface area contributed by atoms with E-state index in [1.165, 1.54) is 0 Å². The molecule has 1 saturated heterocycles. The average molecular weight is 325 g/mol. The molecule has 1 unspecified atom stereocenters. The van der Waals surface area contributed by atoms with Crippen molar-refractivity contribution in [2.24, 2.45) is 5.73 Å². The summed E-state index contributed by atoms with van der Waals surface area (Å²) in [7, 11) is -2.77. The second-order valence-corrected chi connectivity index (χ2v) is 5.44. The number of primary amides is 1. The number of amides is 2. The third-order valence-corrected chi connectivity index (χ3v) is 3.88. The summed E-state index contributed by atoms with van der Waals surface area (Å²) in [5, 5.41) is 2.65. The Labute approximate surface area is 128 Å². The number of piperazine rings is 1. The van der Waals surface area contributed by atoms with Crippen molar-refractivity contribution < 1.29 is 22.7 Å². The van der Waals surface area contributed by atoms with E-state index in [1.807, 2.05) is 6.07 Å². The van der Waals surface area contributed by atoms with Crippen LogP contribution in [0, 0.1) is 0 Å². The van der Waals surface area contributed by atoms with Crippen molar-refractivity contribution in [1.82, 2.24) is 10.2 Å². The van der Waals surface area contributed by atoms with Gasteiger partial charge in [-0.3, -0.25) is 15.0 Å². The van der Waals surface area contributed by atoms with Gasteiger partial charge in [-0.1, -0.05) is 30.3 Å². The van der Waals surface area contributed by atoms with Crippen molar-refractivity contribution in [1.29, 1.82) is 0 Å². The molecule has 2 amide bonds. The van der Waals surface area contributed by atoms with Crippen molar-refractivity contribution in [2.75, 3.05) is 13.1 Å². The Bertz CT molecular complexity index is 694. The van der Waals surface area contributed by atoms with E-state index >= 15 is 0 Å². The topological polar surface area (TPSA) is 119 Å². The quantitative estimate of drug-likeness (QED) is 0.695. The van der Waals surface area contributed by atoms with Crippen LogP contribution in [0.3, 0.4) is 0 Å². The minimum absolute atomic E-state index is 0.00358. The number of hydrogen-bond acceptors (Lipinski definition) is 6. The molecular weight excluding hydrogens is 310 g/mol. The number of nitrogens with one attached hydrogen (secondary N) is 1. The Morgan fingerprint density at radius 1 is 1.32 bits per heavy atom. The van der Waals surface area contributed by atoms with E-state index in [2.05, 4.69) is 5.32 Å². The van der Waals surface area contributed by atoms with Crippen LogP contribution in [0.25, 0.3) is 0 Å². The predicted octanol–water partition coefficient (Wildman–Crippen LogP) is -0.909. The molecule has 0 aromatic heterocycles. The number of hydrogen-bond donors (Lipinski definition) is 2. The zero-order valence-corrected chi connectivity index (χ0v) is 12.4. The van der Waals surface area contributed by atoms with Crippen LogP contribution in [0.15, 0.2) is 30.3 Å². The van der Waals surface area contributed by atoms with Crippen molar-refractivity contribution in [2.45, 2.75) is 12.6 Å². The van der Waals surface area contributed by atoms with Crippen LogP contribution in [-0.4, -0.2) is 49.4 Å². The molecule has 9 heteroatoms. The first kappa shape index (κ1) is 16.0. The first-order valence-electron chi connectivity index (χ1n) is 6.47. The summed E-state index contributed by atoms with van der Waals surface area (Å²) in [5.74, 6) is -0.875. The molecule has 1 aromatic carbocycles. The van der Waals surface area contributed by atoms with Gasteiger partial charge in [-0.05, 0) is 5.56 Å². The van der Waals surface area contributed by atoms with Crippen LogP contribution < -0.4 is 11.1 Å². The second kappa shape index (κ2) is 7.05.